The first-order chi connectivity index (χ1) is 9.36. The molecule has 0 aliphatic rings. The smallest absolute Gasteiger partial charge is 0.0485 e. The number of nitrogens with one attached hydrogen (secondary N) is 1. The van der Waals surface area contributed by atoms with E-state index in [4.69, 9.17) is 0 Å². The van der Waals surface area contributed by atoms with E-state index in [0.29, 0.717) is 6.04 Å². The Morgan fingerprint density at radius 3 is 2.20 bits per heavy atom. The summed E-state index contributed by atoms with van der Waals surface area (Å²) in [7, 11) is 0. The molecule has 0 heterocycles. The molecule has 1 nitrogen and oxygen atoms in total. The van der Waals surface area contributed by atoms with E-state index in [9.17, 15) is 0 Å². The molecule has 2 aromatic carbocycles. The summed E-state index contributed by atoms with van der Waals surface area (Å²) in [4.78, 5) is 0. The summed E-state index contributed by atoms with van der Waals surface area (Å²) in [5, 5.41) is 3.55. The third kappa shape index (κ3) is 3.98. The van der Waals surface area contributed by atoms with Crippen LogP contribution >= 0.6 is 22.6 Å². The average molecular weight is 379 g/mol. The zero-order valence-electron chi connectivity index (χ0n) is 12.6. The van der Waals surface area contributed by atoms with Crippen molar-refractivity contribution in [1.82, 2.24) is 0 Å². The van der Waals surface area contributed by atoms with Crippen LogP contribution in [0.4, 0.5) is 5.69 Å². The van der Waals surface area contributed by atoms with Crippen molar-refractivity contribution in [1.29, 1.82) is 0 Å². The summed E-state index contributed by atoms with van der Waals surface area (Å²) in [6.07, 6.45) is 0. The minimum Gasteiger partial charge on any atom is -0.378 e. The van der Waals surface area contributed by atoms with Crippen LogP contribution in [-0.2, 0) is 5.41 Å². The maximum atomic E-state index is 3.55. The second kappa shape index (κ2) is 6.17. The van der Waals surface area contributed by atoms with Gasteiger partial charge in [0.15, 0.2) is 0 Å². The lowest BCUT2D eigenvalue weighted by Crippen LogP contribution is -2.12. The molecule has 2 rings (SSSR count). The first kappa shape index (κ1) is 15.4. The fourth-order valence-corrected chi connectivity index (χ4v) is 2.73. The number of halogens is 1. The highest BCUT2D eigenvalue weighted by Crippen LogP contribution is 2.25. The van der Waals surface area contributed by atoms with Crippen molar-refractivity contribution in [3.8, 4) is 0 Å². The van der Waals surface area contributed by atoms with Gasteiger partial charge in [0, 0.05) is 15.3 Å². The van der Waals surface area contributed by atoms with Gasteiger partial charge in [-0.25, -0.2) is 0 Å². The Morgan fingerprint density at radius 1 is 1.00 bits per heavy atom. The van der Waals surface area contributed by atoms with Crippen molar-refractivity contribution in [2.75, 3.05) is 5.32 Å². The summed E-state index contributed by atoms with van der Waals surface area (Å²) >= 11 is 2.34. The van der Waals surface area contributed by atoms with Gasteiger partial charge in [0.2, 0.25) is 0 Å². The largest absolute Gasteiger partial charge is 0.378 e. The Balaban J connectivity index is 2.11. The van der Waals surface area contributed by atoms with Crippen LogP contribution in [0.3, 0.4) is 0 Å². The molecule has 106 valence electrons. The highest BCUT2D eigenvalue weighted by Gasteiger charge is 2.14. The molecule has 0 bridgehead atoms. The predicted octanol–water partition coefficient (Wildman–Crippen LogP) is 5.76. The lowest BCUT2D eigenvalue weighted by atomic mass is 9.86. The van der Waals surface area contributed by atoms with Crippen LogP contribution in [0, 0.1) is 3.57 Å². The molecule has 0 saturated heterocycles. The van der Waals surface area contributed by atoms with Gasteiger partial charge in [-0.3, -0.25) is 0 Å². The lowest BCUT2D eigenvalue weighted by molar-refractivity contribution is 0.589. The molecule has 0 aliphatic carbocycles. The Morgan fingerprint density at radius 2 is 1.65 bits per heavy atom. The first-order valence-electron chi connectivity index (χ1n) is 6.99. The number of hydrogen-bond donors (Lipinski definition) is 1. The van der Waals surface area contributed by atoms with Gasteiger partial charge < -0.3 is 5.32 Å². The van der Waals surface area contributed by atoms with Crippen LogP contribution < -0.4 is 5.32 Å². The number of anilines is 1. The van der Waals surface area contributed by atoms with Gasteiger partial charge >= 0.3 is 0 Å². The van der Waals surface area contributed by atoms with Gasteiger partial charge in [-0.15, -0.1) is 0 Å². The van der Waals surface area contributed by atoms with Crippen molar-refractivity contribution in [3.63, 3.8) is 0 Å². The Hall–Kier alpha value is -1.03. The monoisotopic (exact) mass is 379 g/mol. The molecule has 20 heavy (non-hydrogen) atoms. The molecule has 0 saturated carbocycles. The normalized spacial score (nSPS) is 13.1. The van der Waals surface area contributed by atoms with E-state index in [-0.39, 0.29) is 5.41 Å². The molecule has 2 aromatic rings. The highest BCUT2D eigenvalue weighted by atomic mass is 127. The second-order valence-electron chi connectivity index (χ2n) is 6.25. The summed E-state index contributed by atoms with van der Waals surface area (Å²) in [6.45, 7) is 8.94. The molecular weight excluding hydrogens is 357 g/mol. The third-order valence-corrected chi connectivity index (χ3v) is 4.16. The van der Waals surface area contributed by atoms with Gasteiger partial charge in [0.25, 0.3) is 0 Å². The molecule has 0 spiro atoms. The van der Waals surface area contributed by atoms with Crippen molar-refractivity contribution >= 4 is 28.3 Å². The standard InChI is InChI=1S/C18H22IN/c1-13(20-17-7-5-6-16(19)12-17)14-8-10-15(11-9-14)18(2,3)4/h5-13,20H,1-4H3. The van der Waals surface area contributed by atoms with Crippen LogP contribution in [0.15, 0.2) is 48.5 Å². The number of benzene rings is 2. The van der Waals surface area contributed by atoms with E-state index in [2.05, 4.69) is 104 Å². The van der Waals surface area contributed by atoms with Crippen LogP contribution in [0.25, 0.3) is 0 Å². The molecule has 1 atom stereocenters. The SMILES string of the molecule is CC(Nc1cccc(I)c1)c1ccc(C(C)(C)C)cc1. The lowest BCUT2D eigenvalue weighted by Gasteiger charge is -2.21. The molecule has 0 fully saturated rings. The van der Waals surface area contributed by atoms with E-state index in [1.807, 2.05) is 0 Å². The molecule has 2 heteroatoms. The molecule has 0 aliphatic heterocycles. The van der Waals surface area contributed by atoms with E-state index >= 15 is 0 Å². The number of hydrogen-bond acceptors (Lipinski definition) is 1. The van der Waals surface area contributed by atoms with Gasteiger partial charge in [-0.1, -0.05) is 51.1 Å². The molecule has 1 unspecified atom stereocenters. The van der Waals surface area contributed by atoms with E-state index in [0.717, 1.165) is 0 Å². The van der Waals surface area contributed by atoms with Gasteiger partial charge in [-0.05, 0) is 64.3 Å². The summed E-state index contributed by atoms with van der Waals surface area (Å²) < 4.78 is 1.25. The van der Waals surface area contributed by atoms with Crippen molar-refractivity contribution < 1.29 is 0 Å². The first-order valence-corrected chi connectivity index (χ1v) is 8.07. The van der Waals surface area contributed by atoms with Crippen molar-refractivity contribution in [3.05, 3.63) is 63.2 Å². The predicted molar refractivity (Wildman–Crippen MR) is 96.3 cm³/mol. The molecular formula is C18H22IN. The minimum atomic E-state index is 0.213. The molecule has 0 radical (unpaired) electrons. The number of rotatable bonds is 3. The van der Waals surface area contributed by atoms with Gasteiger partial charge in [0.05, 0.1) is 0 Å². The molecule has 1 N–H and O–H groups in total. The third-order valence-electron chi connectivity index (χ3n) is 3.48. The topological polar surface area (TPSA) is 12.0 Å². The average Bonchev–Trinajstić information content (AvgIpc) is 2.38. The zero-order chi connectivity index (χ0) is 14.8. The Bertz CT molecular complexity index is 567. The van der Waals surface area contributed by atoms with E-state index in [1.165, 1.54) is 20.4 Å². The fraction of sp³-hybridized carbons (Fsp3) is 0.333. The van der Waals surface area contributed by atoms with Gasteiger partial charge in [0.1, 0.15) is 0 Å². The molecule has 0 amide bonds. The summed E-state index contributed by atoms with van der Waals surface area (Å²) in [5.41, 5.74) is 4.08. The van der Waals surface area contributed by atoms with Crippen LogP contribution in [0.2, 0.25) is 0 Å². The summed E-state index contributed by atoms with van der Waals surface area (Å²) in [6, 6.07) is 17.7. The second-order valence-corrected chi connectivity index (χ2v) is 7.49. The van der Waals surface area contributed by atoms with Crippen LogP contribution in [0.1, 0.15) is 44.9 Å². The summed E-state index contributed by atoms with van der Waals surface area (Å²) in [5.74, 6) is 0. The Kier molecular flexibility index (Phi) is 4.74. The maximum Gasteiger partial charge on any atom is 0.0485 e. The van der Waals surface area contributed by atoms with Gasteiger partial charge in [-0.2, -0.15) is 0 Å². The van der Waals surface area contributed by atoms with Crippen LogP contribution in [0.5, 0.6) is 0 Å². The maximum absolute atomic E-state index is 3.55. The minimum absolute atomic E-state index is 0.213. The van der Waals surface area contributed by atoms with Crippen LogP contribution in [-0.4, -0.2) is 0 Å². The zero-order valence-corrected chi connectivity index (χ0v) is 14.7. The quantitative estimate of drug-likeness (QED) is 0.669. The fourth-order valence-electron chi connectivity index (χ4n) is 2.18. The highest BCUT2D eigenvalue weighted by molar-refractivity contribution is 14.1. The van der Waals surface area contributed by atoms with E-state index < -0.39 is 0 Å². The van der Waals surface area contributed by atoms with E-state index in [1.54, 1.807) is 0 Å². The van der Waals surface area contributed by atoms with Crippen molar-refractivity contribution in [2.24, 2.45) is 0 Å². The van der Waals surface area contributed by atoms with Crippen molar-refractivity contribution in [2.45, 2.75) is 39.2 Å². The molecule has 0 aromatic heterocycles. The Labute approximate surface area is 135 Å².